The highest BCUT2D eigenvalue weighted by Gasteiger charge is 2.81. The lowest BCUT2D eigenvalue weighted by Crippen LogP contribution is -2.68. The lowest BCUT2D eigenvalue weighted by atomic mass is 9.35. The van der Waals surface area contributed by atoms with E-state index in [-0.39, 0.29) is 46.0 Å². The number of aliphatic hydroxyl groups excluding tert-OH is 13. The van der Waals surface area contributed by atoms with Gasteiger partial charge in [-0.3, -0.25) is 0 Å². The summed E-state index contributed by atoms with van der Waals surface area (Å²) in [5, 5.41) is 154. The van der Waals surface area contributed by atoms with Crippen molar-refractivity contribution in [3.05, 3.63) is 11.6 Å². The minimum Gasteiger partial charge on any atom is -0.394 e. The van der Waals surface area contributed by atoms with Crippen LogP contribution in [0.25, 0.3) is 0 Å². The SMILES string of the molecule is CC(C)=C[C@H]1C[C@](C)(O)C2[C@H]3CC[C@@H]4[C@@]5(C)CC[C@H](O[C@@H]6OC[C@H](O)[C@H](O[C@@H]7O[C@H](CO[C@@H]8O[C@H](CO)[C@@H](O)[C@H](O)[C@H]8O)[C@@H](O)[C@H](O)[C@H]7O[C@@H]7OC[C@@H](O)[C@H](O)[C@H]7O)[C@H]6O[C@H]6O[C@H](C)[C@H](O)[C@H](O)[C@H]6O)C(C)(C)C5CC[C@@]4(C)[C@@]34CO[C@@]2(C4)O1. The molecule has 11 rings (SSSR count). The largest absolute Gasteiger partial charge is 0.394 e. The summed E-state index contributed by atoms with van der Waals surface area (Å²) in [6.07, 6.45) is -31.8. The van der Waals surface area contributed by atoms with E-state index in [1.807, 2.05) is 20.8 Å². The number of ether oxygens (including phenoxy) is 12. The Morgan fingerprint density at radius 2 is 1.21 bits per heavy atom. The van der Waals surface area contributed by atoms with Gasteiger partial charge in [0.15, 0.2) is 37.2 Å². The number of fused-ring (bicyclic) bond motifs is 4. The van der Waals surface area contributed by atoms with Crippen LogP contribution in [0.2, 0.25) is 0 Å². The van der Waals surface area contributed by atoms with Crippen LogP contribution in [0, 0.1) is 45.3 Å². The van der Waals surface area contributed by atoms with Gasteiger partial charge in [0.05, 0.1) is 56.9 Å². The van der Waals surface area contributed by atoms with Gasteiger partial charge in [0.25, 0.3) is 0 Å². The highest BCUT2D eigenvalue weighted by atomic mass is 16.8. The van der Waals surface area contributed by atoms with Crippen molar-refractivity contribution < 1.29 is 128 Å². The maximum atomic E-state index is 12.3. The minimum atomic E-state index is -2.04. The molecule has 11 fully saturated rings. The molecule has 34 atom stereocenters. The minimum absolute atomic E-state index is 0.110. The lowest BCUT2D eigenvalue weighted by Gasteiger charge is -2.70. The summed E-state index contributed by atoms with van der Waals surface area (Å²) in [6, 6.07) is 0. The van der Waals surface area contributed by atoms with Crippen LogP contribution in [0.3, 0.4) is 0 Å². The first-order valence-corrected chi connectivity index (χ1v) is 30.3. The van der Waals surface area contributed by atoms with Crippen molar-refractivity contribution in [2.45, 2.75) is 272 Å². The van der Waals surface area contributed by atoms with E-state index in [0.717, 1.165) is 44.1 Å². The molecule has 0 amide bonds. The molecule has 4 aliphatic carbocycles. The molecule has 4 saturated carbocycles. The first kappa shape index (κ1) is 64.2. The fraction of sp³-hybridized carbons (Fsp3) is 0.966. The topological polar surface area (TPSA) is 394 Å². The molecule has 7 saturated heterocycles. The molecule has 7 heterocycles. The Hall–Kier alpha value is -1.30. The summed E-state index contributed by atoms with van der Waals surface area (Å²) >= 11 is 0. The van der Waals surface area contributed by atoms with E-state index in [2.05, 4.69) is 33.8 Å². The fourth-order valence-electron chi connectivity index (χ4n) is 18.3. The Morgan fingerprint density at radius 1 is 0.583 bits per heavy atom. The van der Waals surface area contributed by atoms with Gasteiger partial charge in [0, 0.05) is 24.2 Å². The molecule has 7 aliphatic heterocycles. The van der Waals surface area contributed by atoms with Gasteiger partial charge in [-0.1, -0.05) is 39.3 Å². The summed E-state index contributed by atoms with van der Waals surface area (Å²) in [4.78, 5) is 0. The van der Waals surface area contributed by atoms with E-state index in [0.29, 0.717) is 19.4 Å². The van der Waals surface area contributed by atoms with Crippen molar-refractivity contribution in [3.8, 4) is 0 Å². The Labute approximate surface area is 488 Å². The molecule has 84 heavy (non-hydrogen) atoms. The van der Waals surface area contributed by atoms with Gasteiger partial charge >= 0.3 is 0 Å². The molecule has 2 unspecified atom stereocenters. The highest BCUT2D eigenvalue weighted by Crippen LogP contribution is 2.80. The molecule has 0 radical (unpaired) electrons. The standard InChI is InChI=1S/C58H94O26/c1-23(2)15-25-16-56(8,72)47-26-9-10-32-54(6)13-12-33(53(4,5)31(54)11-14-55(32,7)57(26)21-58(47,84-25)76-22-57)80-51-46(83-50-43(71)38(66)34(62)24(3)77-50)44(28(61)19-74-51)81-52-45(82-49-41(69)35(63)27(60)18-73-49)40(68)37(65)30(79-52)20-75-48-42(70)39(67)36(64)29(17-59)78-48/h15,24-52,59-72H,9-14,16-22H2,1-8H3/t24-,25+,26-,27-,28+,29-,30-,31?,32-,33+,34+,35+,36-,37-,38+,39+,40+,41-,42-,43-,44+,45-,46-,47?,48-,49+,50-,51+,52+,54+,55-,56+,57+,58+/m1/s1. The third-order valence-corrected chi connectivity index (χ3v) is 22.5. The molecule has 26 nitrogen and oxygen atoms in total. The van der Waals surface area contributed by atoms with Crippen LogP contribution in [0.5, 0.6) is 0 Å². The second-order valence-electron chi connectivity index (χ2n) is 28.2. The van der Waals surface area contributed by atoms with Gasteiger partial charge in [-0.25, -0.2) is 0 Å². The molecule has 0 aromatic carbocycles. The number of hydrogen-bond acceptors (Lipinski definition) is 26. The first-order chi connectivity index (χ1) is 39.4. The number of hydrogen-bond donors (Lipinski definition) is 14. The summed E-state index contributed by atoms with van der Waals surface area (Å²) in [7, 11) is 0. The van der Waals surface area contributed by atoms with Crippen LogP contribution in [-0.4, -0.2) is 269 Å². The second-order valence-corrected chi connectivity index (χ2v) is 28.2. The summed E-state index contributed by atoms with van der Waals surface area (Å²) in [5.74, 6) is -0.440. The molecular formula is C58H94O26. The van der Waals surface area contributed by atoms with Crippen molar-refractivity contribution in [2.24, 2.45) is 45.3 Å². The van der Waals surface area contributed by atoms with E-state index < -0.39 is 191 Å². The molecule has 14 N–H and O–H groups in total. The van der Waals surface area contributed by atoms with Gasteiger partial charge < -0.3 is 128 Å². The van der Waals surface area contributed by atoms with Gasteiger partial charge in [0.1, 0.15) is 104 Å². The third-order valence-electron chi connectivity index (χ3n) is 22.5. The average molecular weight is 1210 g/mol. The maximum absolute atomic E-state index is 12.3. The molecular weight excluding hydrogens is 1110 g/mol. The Bertz CT molecular complexity index is 2330. The second kappa shape index (κ2) is 23.4. The van der Waals surface area contributed by atoms with Gasteiger partial charge in [-0.05, 0) is 100 Å². The van der Waals surface area contributed by atoms with Gasteiger partial charge in [0.2, 0.25) is 0 Å². The van der Waals surface area contributed by atoms with E-state index >= 15 is 0 Å². The normalized spacial score (nSPS) is 57.1. The number of allylic oxidation sites excluding steroid dienone is 1. The molecule has 0 aromatic heterocycles. The van der Waals surface area contributed by atoms with E-state index in [1.54, 1.807) is 0 Å². The van der Waals surface area contributed by atoms with Gasteiger partial charge in [-0.2, -0.15) is 0 Å². The summed E-state index contributed by atoms with van der Waals surface area (Å²) in [6.45, 7) is 14.8. The maximum Gasteiger partial charge on any atom is 0.187 e. The average Bonchev–Trinajstić information content (AvgIpc) is 1.44. The lowest BCUT2D eigenvalue weighted by molar-refractivity contribution is -0.401. The van der Waals surface area contributed by atoms with E-state index in [9.17, 15) is 71.5 Å². The van der Waals surface area contributed by atoms with E-state index in [1.165, 1.54) is 6.92 Å². The first-order valence-electron chi connectivity index (χ1n) is 30.3. The predicted octanol–water partition coefficient (Wildman–Crippen LogP) is -2.72. The highest BCUT2D eigenvalue weighted by molar-refractivity contribution is 5.27. The van der Waals surface area contributed by atoms with Crippen LogP contribution >= 0.6 is 0 Å². The molecule has 482 valence electrons. The number of aliphatic hydroxyl groups is 14. The zero-order valence-corrected chi connectivity index (χ0v) is 49.2. The molecule has 2 spiro atoms. The Morgan fingerprint density at radius 3 is 1.93 bits per heavy atom. The monoisotopic (exact) mass is 1210 g/mol. The molecule has 11 aliphatic rings. The fourth-order valence-corrected chi connectivity index (χ4v) is 18.3. The summed E-state index contributed by atoms with van der Waals surface area (Å²) < 4.78 is 75.5. The van der Waals surface area contributed by atoms with Crippen molar-refractivity contribution in [3.63, 3.8) is 0 Å². The summed E-state index contributed by atoms with van der Waals surface area (Å²) in [5.41, 5.74) is -0.980. The predicted molar refractivity (Wildman–Crippen MR) is 283 cm³/mol. The van der Waals surface area contributed by atoms with Crippen molar-refractivity contribution in [1.29, 1.82) is 0 Å². The third kappa shape index (κ3) is 10.5. The molecule has 0 aromatic rings. The smallest absolute Gasteiger partial charge is 0.187 e. The van der Waals surface area contributed by atoms with Crippen LogP contribution in [0.4, 0.5) is 0 Å². The number of rotatable bonds is 13. The molecule has 26 heteroatoms. The van der Waals surface area contributed by atoms with E-state index in [4.69, 9.17) is 56.8 Å². The Balaban J connectivity index is 0.870. The van der Waals surface area contributed by atoms with Crippen LogP contribution < -0.4 is 0 Å². The molecule has 2 bridgehead atoms. The van der Waals surface area contributed by atoms with Crippen molar-refractivity contribution in [1.82, 2.24) is 0 Å². The zero-order valence-electron chi connectivity index (χ0n) is 49.2. The van der Waals surface area contributed by atoms with Crippen molar-refractivity contribution >= 4 is 0 Å². The Kier molecular flexibility index (Phi) is 17.9. The van der Waals surface area contributed by atoms with Crippen LogP contribution in [0.1, 0.15) is 107 Å². The van der Waals surface area contributed by atoms with Gasteiger partial charge in [-0.15, -0.1) is 0 Å². The quantitative estimate of drug-likeness (QED) is 0.0658. The van der Waals surface area contributed by atoms with Crippen LogP contribution in [0.15, 0.2) is 11.6 Å². The zero-order chi connectivity index (χ0) is 60.7. The van der Waals surface area contributed by atoms with Crippen LogP contribution in [-0.2, 0) is 56.8 Å². The van der Waals surface area contributed by atoms with Crippen molar-refractivity contribution in [2.75, 3.05) is 33.0 Å².